The molecule has 50 valence electrons. The van der Waals surface area contributed by atoms with E-state index >= 15 is 0 Å². The summed E-state index contributed by atoms with van der Waals surface area (Å²) in [4.78, 5) is 17.9. The van der Waals surface area contributed by atoms with Gasteiger partial charge in [0.2, 0.25) is 0 Å². The maximum Gasteiger partial charge on any atom is 2.00 e. The first-order valence-corrected chi connectivity index (χ1v) is 1.96. The molecule has 0 amide bonds. The van der Waals surface area contributed by atoms with Crippen molar-refractivity contribution in [2.24, 2.45) is 0 Å². The largest absolute Gasteiger partial charge is 2.00 e. The van der Waals surface area contributed by atoms with Crippen molar-refractivity contribution < 1.29 is 19.8 Å². The van der Waals surface area contributed by atoms with Gasteiger partial charge in [-0.05, 0) is 0 Å². The molecular formula is C3HCaNO4S. The molecule has 0 saturated carbocycles. The summed E-state index contributed by atoms with van der Waals surface area (Å²) in [5, 5.41) is 26.5. The van der Waals surface area contributed by atoms with Crippen molar-refractivity contribution in [1.82, 2.24) is 0 Å². The Bertz CT molecular complexity index is 141. The minimum absolute atomic E-state index is 0. The maximum absolute atomic E-state index is 8.93. The zero-order valence-corrected chi connectivity index (χ0v) is 7.84. The molecule has 0 saturated heterocycles. The topological polar surface area (TPSA) is 104 Å². The van der Waals surface area contributed by atoms with E-state index in [4.69, 9.17) is 25.1 Å². The van der Waals surface area contributed by atoms with E-state index in [-0.39, 0.29) is 37.7 Å². The summed E-state index contributed by atoms with van der Waals surface area (Å²) >= 11 is 3.09. The molecule has 0 unspecified atom stereocenters. The summed E-state index contributed by atoms with van der Waals surface area (Å²) in [6, 6.07) is 0. The van der Waals surface area contributed by atoms with Gasteiger partial charge in [0.1, 0.15) is 5.40 Å². The van der Waals surface area contributed by atoms with Gasteiger partial charge in [0, 0.05) is 0 Å². The summed E-state index contributed by atoms with van der Waals surface area (Å²) in [5.74, 6) is -4.37. The Morgan fingerprint density at radius 2 is 1.40 bits per heavy atom. The van der Waals surface area contributed by atoms with Crippen LogP contribution in [0.2, 0.25) is 0 Å². The molecule has 0 heterocycles. The number of thiol groups is 1. The van der Waals surface area contributed by atoms with Crippen molar-refractivity contribution in [3.8, 4) is 5.40 Å². The molecule has 0 bridgehead atoms. The van der Waals surface area contributed by atoms with Crippen LogP contribution in [0, 0.1) is 10.7 Å². The molecule has 0 radical (unpaired) electrons. The molecule has 7 heteroatoms. The first-order valence-electron chi connectivity index (χ1n) is 1.51. The van der Waals surface area contributed by atoms with Crippen LogP contribution in [0.3, 0.4) is 0 Å². The van der Waals surface area contributed by atoms with Crippen molar-refractivity contribution >= 4 is 62.3 Å². The Kier molecular flexibility index (Phi) is 19.5. The van der Waals surface area contributed by atoms with Crippen LogP contribution < -0.4 is 10.2 Å². The van der Waals surface area contributed by atoms with E-state index in [1.165, 1.54) is 5.40 Å². The number of hydrogen-bond acceptors (Lipinski definition) is 6. The second-order valence-electron chi connectivity index (χ2n) is 0.675. The third-order valence-corrected chi connectivity index (χ3v) is 0.167. The zero-order valence-electron chi connectivity index (χ0n) is 4.73. The van der Waals surface area contributed by atoms with Crippen LogP contribution in [0.5, 0.6) is 0 Å². The third-order valence-electron chi connectivity index (χ3n) is 0.167. The number of nitrogens with zero attached hydrogens (tertiary/aromatic N) is 1. The molecule has 0 aliphatic rings. The first-order chi connectivity index (χ1) is 4.06. The summed E-state index contributed by atoms with van der Waals surface area (Å²) < 4.78 is 0. The number of thiocyanates is 1. The SMILES string of the molecule is N#CS.O=C([O-])C(=O)[O-].[Ca+2]. The minimum Gasteiger partial charge on any atom is -0.543 e. The Morgan fingerprint density at radius 3 is 1.40 bits per heavy atom. The average molecular weight is 187 g/mol. The van der Waals surface area contributed by atoms with Crippen LogP contribution in [0.1, 0.15) is 0 Å². The molecule has 0 aliphatic heterocycles. The molecular weight excluding hydrogens is 186 g/mol. The van der Waals surface area contributed by atoms with Gasteiger partial charge < -0.3 is 19.8 Å². The minimum atomic E-state index is -2.19. The molecule has 0 atom stereocenters. The molecule has 0 aliphatic carbocycles. The summed E-state index contributed by atoms with van der Waals surface area (Å²) in [7, 11) is 0. The normalized spacial score (nSPS) is 5.20. The molecule has 0 aromatic heterocycles. The smallest absolute Gasteiger partial charge is 0.543 e. The zero-order chi connectivity index (χ0) is 7.86. The molecule has 0 rings (SSSR count). The van der Waals surface area contributed by atoms with E-state index in [1.54, 1.807) is 0 Å². The number of aliphatic carboxylic acids is 2. The number of nitriles is 1. The van der Waals surface area contributed by atoms with Crippen molar-refractivity contribution in [2.75, 3.05) is 0 Å². The predicted molar refractivity (Wildman–Crippen MR) is 30.4 cm³/mol. The Labute approximate surface area is 92.0 Å². The van der Waals surface area contributed by atoms with Crippen LogP contribution in [-0.4, -0.2) is 49.7 Å². The van der Waals surface area contributed by atoms with Gasteiger partial charge in [-0.3, -0.25) is 0 Å². The number of rotatable bonds is 0. The Morgan fingerprint density at radius 1 is 1.30 bits per heavy atom. The van der Waals surface area contributed by atoms with E-state index in [0.29, 0.717) is 0 Å². The van der Waals surface area contributed by atoms with Gasteiger partial charge in [-0.1, -0.05) is 12.6 Å². The first kappa shape index (κ1) is 16.6. The van der Waals surface area contributed by atoms with Crippen LogP contribution >= 0.6 is 12.6 Å². The fraction of sp³-hybridized carbons (Fsp3) is 0. The summed E-state index contributed by atoms with van der Waals surface area (Å²) in [6.07, 6.45) is 0. The van der Waals surface area contributed by atoms with Crippen LogP contribution in [0.4, 0.5) is 0 Å². The van der Waals surface area contributed by atoms with Crippen molar-refractivity contribution in [2.45, 2.75) is 0 Å². The van der Waals surface area contributed by atoms with E-state index in [0.717, 1.165) is 0 Å². The van der Waals surface area contributed by atoms with E-state index in [1.807, 2.05) is 0 Å². The van der Waals surface area contributed by atoms with Crippen LogP contribution in [0.25, 0.3) is 0 Å². The van der Waals surface area contributed by atoms with Crippen molar-refractivity contribution in [3.05, 3.63) is 0 Å². The van der Waals surface area contributed by atoms with Crippen LogP contribution in [-0.2, 0) is 9.59 Å². The van der Waals surface area contributed by atoms with Crippen molar-refractivity contribution in [1.29, 1.82) is 5.26 Å². The fourth-order valence-corrected chi connectivity index (χ4v) is 0. The number of hydrogen-bond donors (Lipinski definition) is 1. The average Bonchev–Trinajstić information content (AvgIpc) is 1.68. The Hall–Kier alpha value is 0.0397. The van der Waals surface area contributed by atoms with Gasteiger partial charge in [-0.15, -0.1) is 0 Å². The van der Waals surface area contributed by atoms with E-state index < -0.39 is 11.9 Å². The molecule has 10 heavy (non-hydrogen) atoms. The van der Waals surface area contributed by atoms with Gasteiger partial charge >= 0.3 is 37.7 Å². The maximum atomic E-state index is 8.93. The van der Waals surface area contributed by atoms with E-state index in [9.17, 15) is 0 Å². The number of carboxylic acids is 2. The molecule has 0 N–H and O–H groups in total. The Balaban J connectivity index is -0.000000107. The van der Waals surface area contributed by atoms with Gasteiger partial charge in [-0.25, -0.2) is 0 Å². The molecule has 0 aromatic carbocycles. The molecule has 5 nitrogen and oxygen atoms in total. The monoisotopic (exact) mass is 187 g/mol. The number of carbonyl (C=O) groups excluding carboxylic acids is 2. The molecule has 0 spiro atoms. The van der Waals surface area contributed by atoms with Gasteiger partial charge in [0.05, 0.1) is 11.9 Å². The second kappa shape index (κ2) is 11.8. The standard InChI is InChI=1S/C2H2O4.CHNS.Ca/c3-1(4)2(5)6;2-1-3;/h(H,3,4)(H,5,6);3H;/q;;+2/p-2. The summed E-state index contributed by atoms with van der Waals surface area (Å²) in [6.45, 7) is 0. The second-order valence-corrected chi connectivity index (χ2v) is 0.875. The van der Waals surface area contributed by atoms with Gasteiger partial charge in [-0.2, -0.15) is 5.26 Å². The number of carbonyl (C=O) groups is 2. The molecule has 0 fully saturated rings. The number of carboxylic acid groups (broad SMARTS) is 2. The fourth-order valence-electron chi connectivity index (χ4n) is 0. The molecule has 0 aromatic rings. The van der Waals surface area contributed by atoms with Crippen LogP contribution in [0.15, 0.2) is 0 Å². The van der Waals surface area contributed by atoms with Crippen molar-refractivity contribution in [3.63, 3.8) is 0 Å². The van der Waals surface area contributed by atoms with E-state index in [2.05, 4.69) is 12.6 Å². The third kappa shape index (κ3) is 24.4. The predicted octanol–water partition coefficient (Wildman–Crippen LogP) is -3.50. The van der Waals surface area contributed by atoms with Gasteiger partial charge in [0.15, 0.2) is 0 Å². The summed E-state index contributed by atoms with van der Waals surface area (Å²) in [5.41, 5.74) is 0. The quantitative estimate of drug-likeness (QED) is 0.183. The van der Waals surface area contributed by atoms with Gasteiger partial charge in [0.25, 0.3) is 0 Å².